The van der Waals surface area contributed by atoms with Crippen molar-refractivity contribution in [2.24, 2.45) is 13.0 Å². The first kappa shape index (κ1) is 26.3. The van der Waals surface area contributed by atoms with E-state index < -0.39 is 58.2 Å². The summed E-state index contributed by atoms with van der Waals surface area (Å²) in [6.45, 7) is 2.27. The SMILES string of the molecule is CC(C)Cn1c(N)c(C(=O)COC(=O)CNC(=O)c2ccc(Cl)c([N+](=O)[O-])c2)c(=O)n(C)c1=O. The van der Waals surface area contributed by atoms with Gasteiger partial charge >= 0.3 is 11.7 Å². The number of nitrogens with two attached hydrogens (primary N) is 1. The molecular weight excluding hydrogens is 474 g/mol. The van der Waals surface area contributed by atoms with Gasteiger partial charge in [0.05, 0.1) is 4.92 Å². The predicted molar refractivity (Wildman–Crippen MR) is 121 cm³/mol. The monoisotopic (exact) mass is 495 g/mol. The summed E-state index contributed by atoms with van der Waals surface area (Å²) in [5.41, 5.74) is 3.18. The molecule has 0 aliphatic carbocycles. The van der Waals surface area contributed by atoms with Crippen molar-refractivity contribution in [3.63, 3.8) is 0 Å². The molecule has 0 spiro atoms. The molecule has 0 bridgehead atoms. The normalized spacial score (nSPS) is 10.7. The van der Waals surface area contributed by atoms with Crippen molar-refractivity contribution < 1.29 is 24.0 Å². The number of nitrogens with one attached hydrogen (secondary N) is 1. The molecule has 182 valence electrons. The number of carbonyl (C=O) groups is 3. The standard InChI is InChI=1S/C20H22ClN5O8/c1-10(2)8-25-17(22)16(19(30)24(3)20(25)31)14(27)9-34-15(28)7-23-18(29)11-4-5-12(21)13(6-11)26(32)33/h4-6,10H,7-9,22H2,1-3H3,(H,23,29). The summed E-state index contributed by atoms with van der Waals surface area (Å²) in [5.74, 6) is -3.11. The molecule has 0 saturated carbocycles. The van der Waals surface area contributed by atoms with Crippen LogP contribution in [0, 0.1) is 16.0 Å². The lowest BCUT2D eigenvalue weighted by molar-refractivity contribution is -0.384. The molecule has 0 aliphatic rings. The van der Waals surface area contributed by atoms with Crippen LogP contribution in [-0.4, -0.2) is 44.9 Å². The zero-order chi connectivity index (χ0) is 25.7. The summed E-state index contributed by atoms with van der Waals surface area (Å²) >= 11 is 5.69. The average Bonchev–Trinajstić information content (AvgIpc) is 2.77. The summed E-state index contributed by atoms with van der Waals surface area (Å²) < 4.78 is 6.63. The molecule has 0 radical (unpaired) electrons. The minimum absolute atomic E-state index is 0.0102. The van der Waals surface area contributed by atoms with Gasteiger partial charge in [-0.2, -0.15) is 0 Å². The number of nitro groups is 1. The van der Waals surface area contributed by atoms with Gasteiger partial charge in [0.1, 0.15) is 22.9 Å². The van der Waals surface area contributed by atoms with Gasteiger partial charge in [-0.1, -0.05) is 25.4 Å². The van der Waals surface area contributed by atoms with E-state index in [-0.39, 0.29) is 28.9 Å². The maximum absolute atomic E-state index is 12.5. The fourth-order valence-corrected chi connectivity index (χ4v) is 3.09. The van der Waals surface area contributed by atoms with Gasteiger partial charge < -0.3 is 15.8 Å². The number of carbonyl (C=O) groups excluding carboxylic acids is 3. The number of nitrogens with zero attached hydrogens (tertiary/aromatic N) is 3. The first-order chi connectivity index (χ1) is 15.8. The Morgan fingerprint density at radius 3 is 2.50 bits per heavy atom. The van der Waals surface area contributed by atoms with Crippen molar-refractivity contribution >= 4 is 40.8 Å². The quantitative estimate of drug-likeness (QED) is 0.216. The fraction of sp³-hybridized carbons (Fsp3) is 0.350. The van der Waals surface area contributed by atoms with Crippen LogP contribution in [0.5, 0.6) is 0 Å². The van der Waals surface area contributed by atoms with E-state index in [0.29, 0.717) is 0 Å². The number of benzene rings is 1. The number of ketones is 1. The smallest absolute Gasteiger partial charge is 0.332 e. The molecule has 3 N–H and O–H groups in total. The second-order valence-electron chi connectivity index (χ2n) is 7.60. The Balaban J connectivity index is 2.07. The number of anilines is 1. The van der Waals surface area contributed by atoms with Crippen LogP contribution in [0.3, 0.4) is 0 Å². The van der Waals surface area contributed by atoms with E-state index in [9.17, 15) is 34.1 Å². The van der Waals surface area contributed by atoms with Crippen LogP contribution in [0.1, 0.15) is 34.6 Å². The Labute approximate surface area is 197 Å². The number of rotatable bonds is 9. The molecule has 14 heteroatoms. The van der Waals surface area contributed by atoms with Crippen molar-refractivity contribution in [1.29, 1.82) is 0 Å². The first-order valence-corrected chi connectivity index (χ1v) is 10.2. The highest BCUT2D eigenvalue weighted by molar-refractivity contribution is 6.32. The second-order valence-corrected chi connectivity index (χ2v) is 8.01. The van der Waals surface area contributed by atoms with Gasteiger partial charge in [0.25, 0.3) is 17.2 Å². The number of nitrogen functional groups attached to an aromatic ring is 1. The number of ether oxygens (including phenoxy) is 1. The number of esters is 1. The van der Waals surface area contributed by atoms with Gasteiger partial charge in [0.2, 0.25) is 5.78 Å². The van der Waals surface area contributed by atoms with Crippen LogP contribution >= 0.6 is 11.6 Å². The molecule has 0 aliphatic heterocycles. The molecule has 0 fully saturated rings. The Morgan fingerprint density at radius 2 is 1.91 bits per heavy atom. The summed E-state index contributed by atoms with van der Waals surface area (Å²) in [6, 6.07) is 3.33. The Morgan fingerprint density at radius 1 is 1.26 bits per heavy atom. The van der Waals surface area contributed by atoms with E-state index in [4.69, 9.17) is 22.1 Å². The maximum atomic E-state index is 12.5. The Bertz CT molecular complexity index is 1280. The van der Waals surface area contributed by atoms with Crippen molar-refractivity contribution in [1.82, 2.24) is 14.5 Å². The predicted octanol–water partition coefficient (Wildman–Crippen LogP) is 0.503. The molecular formula is C20H22ClN5O8. The molecule has 1 amide bonds. The Hall–Kier alpha value is -4.00. The highest BCUT2D eigenvalue weighted by Crippen LogP contribution is 2.24. The highest BCUT2D eigenvalue weighted by Gasteiger charge is 2.23. The van der Waals surface area contributed by atoms with Gasteiger partial charge in [0, 0.05) is 25.2 Å². The maximum Gasteiger partial charge on any atom is 0.332 e. The van der Waals surface area contributed by atoms with E-state index in [1.807, 2.05) is 13.8 Å². The molecule has 2 aromatic rings. The second kappa shape index (κ2) is 10.7. The van der Waals surface area contributed by atoms with Gasteiger partial charge in [-0.3, -0.25) is 38.4 Å². The van der Waals surface area contributed by atoms with E-state index >= 15 is 0 Å². The van der Waals surface area contributed by atoms with Crippen LogP contribution < -0.4 is 22.3 Å². The van der Waals surface area contributed by atoms with E-state index in [2.05, 4.69) is 5.32 Å². The first-order valence-electron chi connectivity index (χ1n) is 9.85. The molecule has 1 aromatic heterocycles. The number of hydrogen-bond donors (Lipinski definition) is 2. The van der Waals surface area contributed by atoms with Gasteiger partial charge in [-0.15, -0.1) is 0 Å². The lowest BCUT2D eigenvalue weighted by Gasteiger charge is -2.16. The molecule has 2 rings (SSSR count). The molecule has 1 aromatic carbocycles. The minimum atomic E-state index is -1.02. The zero-order valence-corrected chi connectivity index (χ0v) is 19.2. The number of hydrogen-bond acceptors (Lipinski definition) is 9. The molecule has 0 atom stereocenters. The van der Waals surface area contributed by atoms with Crippen LogP contribution in [0.25, 0.3) is 0 Å². The van der Waals surface area contributed by atoms with Gasteiger partial charge in [-0.25, -0.2) is 4.79 Å². The third kappa shape index (κ3) is 5.86. The lowest BCUT2D eigenvalue weighted by Crippen LogP contribution is -2.43. The number of amides is 1. The van der Waals surface area contributed by atoms with Crippen molar-refractivity contribution in [2.45, 2.75) is 20.4 Å². The van der Waals surface area contributed by atoms with Gasteiger partial charge in [-0.05, 0) is 18.1 Å². The summed E-state index contributed by atoms with van der Waals surface area (Å²) in [4.78, 5) is 71.5. The molecule has 34 heavy (non-hydrogen) atoms. The summed E-state index contributed by atoms with van der Waals surface area (Å²) in [6.07, 6.45) is 0. The highest BCUT2D eigenvalue weighted by atomic mass is 35.5. The largest absolute Gasteiger partial charge is 0.456 e. The van der Waals surface area contributed by atoms with E-state index in [1.54, 1.807) is 0 Å². The summed E-state index contributed by atoms with van der Waals surface area (Å²) in [7, 11) is 1.19. The third-order valence-electron chi connectivity index (χ3n) is 4.57. The number of Topliss-reactive ketones (excluding diaryl/α,β-unsaturated/α-hetero) is 1. The summed E-state index contributed by atoms with van der Waals surface area (Å²) in [5, 5.41) is 13.0. The topological polar surface area (TPSA) is 186 Å². The van der Waals surface area contributed by atoms with E-state index in [1.165, 1.54) is 13.1 Å². The number of aromatic nitrogens is 2. The minimum Gasteiger partial charge on any atom is -0.456 e. The van der Waals surface area contributed by atoms with Crippen LogP contribution in [0.15, 0.2) is 27.8 Å². The van der Waals surface area contributed by atoms with Crippen molar-refractivity contribution in [3.8, 4) is 0 Å². The van der Waals surface area contributed by atoms with Crippen LogP contribution in [0.2, 0.25) is 5.02 Å². The van der Waals surface area contributed by atoms with Crippen LogP contribution in [0.4, 0.5) is 11.5 Å². The van der Waals surface area contributed by atoms with Crippen molar-refractivity contribution in [3.05, 3.63) is 65.3 Å². The Kier molecular flexibility index (Phi) is 8.30. The molecule has 0 unspecified atom stereocenters. The zero-order valence-electron chi connectivity index (χ0n) is 18.5. The average molecular weight is 496 g/mol. The molecule has 13 nitrogen and oxygen atoms in total. The molecule has 1 heterocycles. The van der Waals surface area contributed by atoms with E-state index in [0.717, 1.165) is 21.3 Å². The number of halogens is 1. The van der Waals surface area contributed by atoms with Gasteiger partial charge in [0.15, 0.2) is 6.61 Å². The molecule has 0 saturated heterocycles. The van der Waals surface area contributed by atoms with Crippen molar-refractivity contribution in [2.75, 3.05) is 18.9 Å². The number of nitro benzene ring substituents is 1. The van der Waals surface area contributed by atoms with Crippen LogP contribution in [-0.2, 0) is 23.1 Å². The fourth-order valence-electron chi connectivity index (χ4n) is 2.90. The lowest BCUT2D eigenvalue weighted by atomic mass is 10.1. The third-order valence-corrected chi connectivity index (χ3v) is 4.89.